The van der Waals surface area contributed by atoms with E-state index in [9.17, 15) is 4.79 Å². The second-order valence-corrected chi connectivity index (χ2v) is 7.87. The van der Waals surface area contributed by atoms with Crippen molar-refractivity contribution < 1.29 is 4.79 Å². The van der Waals surface area contributed by atoms with Gasteiger partial charge in [-0.15, -0.1) is 5.11 Å². The molecule has 0 saturated carbocycles. The van der Waals surface area contributed by atoms with Crippen molar-refractivity contribution >= 4 is 29.0 Å². The van der Waals surface area contributed by atoms with Gasteiger partial charge in [0.25, 0.3) is 0 Å². The van der Waals surface area contributed by atoms with Crippen LogP contribution in [-0.2, 0) is 0 Å². The van der Waals surface area contributed by atoms with Crippen molar-refractivity contribution in [3.63, 3.8) is 0 Å². The molecule has 4 rings (SSSR count). The number of halogens is 1. The van der Waals surface area contributed by atoms with E-state index in [-0.39, 0.29) is 6.04 Å². The summed E-state index contributed by atoms with van der Waals surface area (Å²) in [7, 11) is 2.11. The van der Waals surface area contributed by atoms with E-state index < -0.39 is 6.03 Å². The van der Waals surface area contributed by atoms with Gasteiger partial charge in [0.15, 0.2) is 0 Å². The Hall–Kier alpha value is -2.97. The number of piperazine rings is 1. The maximum Gasteiger partial charge on any atom is 0.335 e. The largest absolute Gasteiger partial charge is 0.350 e. The molecule has 0 radical (unpaired) electrons. The van der Waals surface area contributed by atoms with E-state index in [1.807, 2.05) is 47.5 Å². The number of hydrogen-bond acceptors (Lipinski definition) is 5. The second-order valence-electron chi connectivity index (χ2n) is 7.46. The van der Waals surface area contributed by atoms with E-state index in [1.165, 1.54) is 5.01 Å². The van der Waals surface area contributed by atoms with Crippen LogP contribution in [0.4, 0.5) is 10.5 Å². The van der Waals surface area contributed by atoms with Gasteiger partial charge in [-0.3, -0.25) is 5.01 Å². The molecule has 2 aromatic rings. The number of hydrazone groups is 1. The highest BCUT2D eigenvalue weighted by Crippen LogP contribution is 2.36. The lowest BCUT2D eigenvalue weighted by Gasteiger charge is -2.29. The van der Waals surface area contributed by atoms with Crippen molar-refractivity contribution in [3.05, 3.63) is 64.7 Å². The Labute approximate surface area is 180 Å². The van der Waals surface area contributed by atoms with Crippen LogP contribution >= 0.6 is 11.6 Å². The van der Waals surface area contributed by atoms with Crippen LogP contribution < -0.4 is 5.73 Å². The summed E-state index contributed by atoms with van der Waals surface area (Å²) in [6, 6.07) is 14.2. The molecule has 0 bridgehead atoms. The number of urea groups is 1. The van der Waals surface area contributed by atoms with Crippen molar-refractivity contribution in [3.8, 4) is 0 Å². The van der Waals surface area contributed by atoms with Crippen molar-refractivity contribution in [1.82, 2.24) is 14.9 Å². The minimum atomic E-state index is -0.604. The standard InChI is InChI=1S/C21H24ClN7O/c1-27-10-12-28(13-11-27)26-24-16-8-6-15(7-9-16)19-14-20(29(25-19)21(23)30)17-4-2-3-5-18(17)22/h2-9,20H,10-14H2,1H3,(H2,23,30). The number of rotatable bonds is 4. The highest BCUT2D eigenvalue weighted by atomic mass is 35.5. The zero-order valence-electron chi connectivity index (χ0n) is 16.8. The molecule has 2 aliphatic rings. The van der Waals surface area contributed by atoms with Gasteiger partial charge < -0.3 is 10.6 Å². The highest BCUT2D eigenvalue weighted by molar-refractivity contribution is 6.31. The molecule has 156 valence electrons. The zero-order valence-corrected chi connectivity index (χ0v) is 17.5. The van der Waals surface area contributed by atoms with Crippen molar-refractivity contribution in [1.29, 1.82) is 0 Å². The molecule has 2 aliphatic heterocycles. The molecule has 1 unspecified atom stereocenters. The first-order valence-corrected chi connectivity index (χ1v) is 10.3. The number of carbonyl (C=O) groups is 1. The number of likely N-dealkylation sites (N-methyl/N-ethyl adjacent to an activating group) is 1. The summed E-state index contributed by atoms with van der Waals surface area (Å²) in [6.45, 7) is 3.73. The smallest absolute Gasteiger partial charge is 0.335 e. The second kappa shape index (κ2) is 8.81. The van der Waals surface area contributed by atoms with E-state index in [2.05, 4.69) is 27.4 Å². The average molecular weight is 426 g/mol. The van der Waals surface area contributed by atoms with Crippen LogP contribution in [0.15, 0.2) is 64.0 Å². The van der Waals surface area contributed by atoms with Gasteiger partial charge in [-0.05, 0) is 36.4 Å². The summed E-state index contributed by atoms with van der Waals surface area (Å²) in [6.07, 6.45) is 0.537. The average Bonchev–Trinajstić information content (AvgIpc) is 3.20. The SMILES string of the molecule is CN1CCN(N=Nc2ccc(C3=NN(C(N)=O)C(c4ccccc4Cl)C3)cc2)CC1. The molecule has 2 N–H and O–H groups in total. The van der Waals surface area contributed by atoms with E-state index in [0.717, 1.165) is 48.7 Å². The number of amides is 2. The fourth-order valence-electron chi connectivity index (χ4n) is 3.60. The molecular formula is C21H24ClN7O. The van der Waals surface area contributed by atoms with Crippen LogP contribution in [0.2, 0.25) is 5.02 Å². The highest BCUT2D eigenvalue weighted by Gasteiger charge is 2.33. The number of benzene rings is 2. The zero-order chi connectivity index (χ0) is 21.1. The Morgan fingerprint density at radius 2 is 1.80 bits per heavy atom. The molecule has 1 atom stereocenters. The van der Waals surface area contributed by atoms with E-state index in [0.29, 0.717) is 11.4 Å². The van der Waals surface area contributed by atoms with Gasteiger partial charge >= 0.3 is 6.03 Å². The van der Waals surface area contributed by atoms with Crippen LogP contribution in [0.1, 0.15) is 23.6 Å². The Morgan fingerprint density at radius 1 is 1.10 bits per heavy atom. The summed E-state index contributed by atoms with van der Waals surface area (Å²) in [5.74, 6) is 0. The summed E-state index contributed by atoms with van der Waals surface area (Å²) >= 11 is 6.34. The molecule has 0 aromatic heterocycles. The molecule has 1 fully saturated rings. The first-order chi connectivity index (χ1) is 14.5. The lowest BCUT2D eigenvalue weighted by molar-refractivity contribution is 0.150. The van der Waals surface area contributed by atoms with E-state index in [4.69, 9.17) is 17.3 Å². The molecule has 2 heterocycles. The van der Waals surface area contributed by atoms with Crippen LogP contribution in [0.25, 0.3) is 0 Å². The lowest BCUT2D eigenvalue weighted by atomic mass is 9.98. The van der Waals surface area contributed by atoms with Crippen LogP contribution in [-0.4, -0.2) is 59.9 Å². The fourth-order valence-corrected chi connectivity index (χ4v) is 3.86. The Balaban J connectivity index is 1.48. The normalized spacial score (nSPS) is 20.1. The number of hydrogen-bond donors (Lipinski definition) is 1. The fraction of sp³-hybridized carbons (Fsp3) is 0.333. The van der Waals surface area contributed by atoms with Crippen LogP contribution in [0.5, 0.6) is 0 Å². The van der Waals surface area contributed by atoms with Crippen molar-refractivity contribution in [2.45, 2.75) is 12.5 Å². The Morgan fingerprint density at radius 3 is 2.47 bits per heavy atom. The molecule has 2 amide bonds. The third kappa shape index (κ3) is 4.44. The minimum Gasteiger partial charge on any atom is -0.350 e. The minimum absolute atomic E-state index is 0.317. The molecule has 9 heteroatoms. The maximum atomic E-state index is 11.9. The summed E-state index contributed by atoms with van der Waals surface area (Å²) in [5.41, 5.74) is 8.85. The van der Waals surface area contributed by atoms with Crippen LogP contribution in [0, 0.1) is 0 Å². The number of nitrogens with two attached hydrogens (primary N) is 1. The molecular weight excluding hydrogens is 402 g/mol. The number of primary amides is 1. The monoisotopic (exact) mass is 425 g/mol. The van der Waals surface area contributed by atoms with E-state index >= 15 is 0 Å². The summed E-state index contributed by atoms with van der Waals surface area (Å²) in [5, 5.41) is 17.0. The van der Waals surface area contributed by atoms with Gasteiger partial charge in [-0.2, -0.15) is 5.10 Å². The molecule has 1 saturated heterocycles. The third-order valence-electron chi connectivity index (χ3n) is 5.37. The number of nitrogens with zero attached hydrogens (tertiary/aromatic N) is 6. The Kier molecular flexibility index (Phi) is 5.96. The first kappa shape index (κ1) is 20.3. The van der Waals surface area contributed by atoms with Gasteiger partial charge in [0, 0.05) is 24.5 Å². The third-order valence-corrected chi connectivity index (χ3v) is 5.71. The Bertz CT molecular complexity index is 968. The molecule has 30 heavy (non-hydrogen) atoms. The van der Waals surface area contributed by atoms with Crippen molar-refractivity contribution in [2.75, 3.05) is 33.2 Å². The molecule has 0 aliphatic carbocycles. The molecule has 2 aromatic carbocycles. The van der Waals surface area contributed by atoms with Crippen LogP contribution in [0.3, 0.4) is 0 Å². The maximum absolute atomic E-state index is 11.9. The van der Waals surface area contributed by atoms with Gasteiger partial charge in [-0.25, -0.2) is 9.80 Å². The van der Waals surface area contributed by atoms with Gasteiger partial charge in [0.05, 0.1) is 30.5 Å². The summed E-state index contributed by atoms with van der Waals surface area (Å²) in [4.78, 5) is 14.2. The van der Waals surface area contributed by atoms with E-state index in [1.54, 1.807) is 6.07 Å². The predicted octanol–water partition coefficient (Wildman–Crippen LogP) is 3.82. The quantitative estimate of drug-likeness (QED) is 0.755. The van der Waals surface area contributed by atoms with Gasteiger partial charge in [0.2, 0.25) is 0 Å². The van der Waals surface area contributed by atoms with Gasteiger partial charge in [0.1, 0.15) is 0 Å². The predicted molar refractivity (Wildman–Crippen MR) is 117 cm³/mol. The lowest BCUT2D eigenvalue weighted by Crippen LogP contribution is -2.41. The number of carbonyl (C=O) groups excluding carboxylic acids is 1. The molecule has 0 spiro atoms. The van der Waals surface area contributed by atoms with Crippen molar-refractivity contribution in [2.24, 2.45) is 21.2 Å². The first-order valence-electron chi connectivity index (χ1n) is 9.87. The van der Waals surface area contributed by atoms with Gasteiger partial charge in [-0.1, -0.05) is 47.2 Å². The topological polar surface area (TPSA) is 89.9 Å². The molecule has 8 nitrogen and oxygen atoms in total. The summed E-state index contributed by atoms with van der Waals surface area (Å²) < 4.78 is 0.